The highest BCUT2D eigenvalue weighted by Gasteiger charge is 2.43. The number of benzene rings is 1. The molecule has 0 spiro atoms. The van der Waals surface area contributed by atoms with Gasteiger partial charge in [-0.05, 0) is 68.9 Å². The van der Waals surface area contributed by atoms with E-state index < -0.39 is 29.1 Å². The summed E-state index contributed by atoms with van der Waals surface area (Å²) >= 11 is 0. The van der Waals surface area contributed by atoms with E-state index in [1.807, 2.05) is 17.0 Å². The molecule has 2 fully saturated rings. The van der Waals surface area contributed by atoms with E-state index in [0.717, 1.165) is 24.2 Å². The van der Waals surface area contributed by atoms with Crippen molar-refractivity contribution in [3.05, 3.63) is 77.3 Å². The molecule has 1 atom stereocenters. The van der Waals surface area contributed by atoms with Crippen molar-refractivity contribution in [2.24, 2.45) is 0 Å². The maximum Gasteiger partial charge on any atom is 0.470 e. The number of nitrogens with zero attached hydrogens (tertiary/aromatic N) is 5. The van der Waals surface area contributed by atoms with Crippen molar-refractivity contribution in [1.29, 1.82) is 0 Å². The van der Waals surface area contributed by atoms with E-state index in [4.69, 9.17) is 4.42 Å². The van der Waals surface area contributed by atoms with Gasteiger partial charge in [0.05, 0.1) is 23.3 Å². The molecule has 0 radical (unpaired) electrons. The van der Waals surface area contributed by atoms with Crippen LogP contribution in [0.4, 0.5) is 27.6 Å². The molecule has 3 aromatic heterocycles. The second-order valence-electron chi connectivity index (χ2n) is 11.0. The topological polar surface area (TPSA) is 88.6 Å². The van der Waals surface area contributed by atoms with E-state index >= 15 is 0 Å². The van der Waals surface area contributed by atoms with Crippen molar-refractivity contribution in [3.8, 4) is 0 Å². The third-order valence-electron chi connectivity index (χ3n) is 8.26. The summed E-state index contributed by atoms with van der Waals surface area (Å²) in [5.41, 5.74) is 1.28. The van der Waals surface area contributed by atoms with Crippen LogP contribution in [0.2, 0.25) is 0 Å². The summed E-state index contributed by atoms with van der Waals surface area (Å²) in [5, 5.41) is 14.1. The number of carbonyl (C=O) groups is 1. The first-order valence-corrected chi connectivity index (χ1v) is 13.4. The summed E-state index contributed by atoms with van der Waals surface area (Å²) in [4.78, 5) is 15.3. The molecule has 4 heterocycles. The third kappa shape index (κ3) is 5.13. The average molecular weight is 575 g/mol. The van der Waals surface area contributed by atoms with Crippen molar-refractivity contribution in [2.75, 3.05) is 11.4 Å². The standard InChI is InChI=1S/C28H27F5N6O2/c1-27(25-36-37-26(41-25)28(31,32)33)9-6-17(7-10-27)35-24(40)20-15-34-39-12-8-18(14-23(20)39)38-11-2-3-22(38)19-13-16(29)4-5-21(19)30/h4-5,8,12-15,17,22H,2-3,6-7,9-11H2,1H3,(H,35,40)/t17-,22-,27+/m1/s1. The van der Waals surface area contributed by atoms with Gasteiger partial charge in [-0.3, -0.25) is 4.79 Å². The number of alkyl halides is 3. The number of amides is 1. The Labute approximate surface area is 231 Å². The maximum atomic E-state index is 14.6. The zero-order valence-corrected chi connectivity index (χ0v) is 22.1. The Kier molecular flexibility index (Phi) is 6.69. The highest BCUT2D eigenvalue weighted by molar-refractivity contribution is 6.01. The minimum absolute atomic E-state index is 0.0527. The SMILES string of the molecule is C[C@]1(c2nnc(C(F)(F)F)o2)CC[C@@H](NC(=O)c2cnn3ccc(N4CCC[C@@H]4c4cc(F)ccc4F)cc23)CC1. The quantitative estimate of drug-likeness (QED) is 0.295. The molecule has 216 valence electrons. The lowest BCUT2D eigenvalue weighted by atomic mass is 9.74. The van der Waals surface area contributed by atoms with Gasteiger partial charge in [0, 0.05) is 35.4 Å². The molecule has 41 heavy (non-hydrogen) atoms. The van der Waals surface area contributed by atoms with E-state index in [9.17, 15) is 26.7 Å². The predicted octanol–water partition coefficient (Wildman–Crippen LogP) is 5.99. The number of nitrogens with one attached hydrogen (secondary N) is 1. The highest BCUT2D eigenvalue weighted by atomic mass is 19.4. The Morgan fingerprint density at radius 3 is 2.61 bits per heavy atom. The molecule has 1 saturated carbocycles. The molecular weight excluding hydrogens is 547 g/mol. The second kappa shape index (κ2) is 10.1. The number of carbonyl (C=O) groups excluding carboxylic acids is 1. The first-order valence-electron chi connectivity index (χ1n) is 13.4. The predicted molar refractivity (Wildman–Crippen MR) is 137 cm³/mol. The molecule has 8 nitrogen and oxygen atoms in total. The number of pyridine rings is 1. The van der Waals surface area contributed by atoms with Crippen LogP contribution >= 0.6 is 0 Å². The van der Waals surface area contributed by atoms with Gasteiger partial charge in [0.15, 0.2) is 0 Å². The van der Waals surface area contributed by atoms with Crippen LogP contribution in [0, 0.1) is 11.6 Å². The van der Waals surface area contributed by atoms with Crippen molar-refractivity contribution >= 4 is 17.1 Å². The van der Waals surface area contributed by atoms with Crippen LogP contribution < -0.4 is 10.2 Å². The van der Waals surface area contributed by atoms with Gasteiger partial charge in [-0.1, -0.05) is 6.92 Å². The van der Waals surface area contributed by atoms with Gasteiger partial charge in [0.2, 0.25) is 5.89 Å². The van der Waals surface area contributed by atoms with E-state index in [-0.39, 0.29) is 23.9 Å². The monoisotopic (exact) mass is 574 g/mol. The second-order valence-corrected chi connectivity index (χ2v) is 11.0. The van der Waals surface area contributed by atoms with E-state index in [1.165, 1.54) is 12.3 Å². The van der Waals surface area contributed by atoms with Crippen molar-refractivity contribution in [3.63, 3.8) is 0 Å². The highest BCUT2D eigenvalue weighted by Crippen LogP contribution is 2.41. The summed E-state index contributed by atoms with van der Waals surface area (Å²) in [7, 11) is 0. The molecule has 1 aliphatic carbocycles. The summed E-state index contributed by atoms with van der Waals surface area (Å²) in [6.07, 6.45) is 1.94. The number of anilines is 1. The summed E-state index contributed by atoms with van der Waals surface area (Å²) in [6.45, 7) is 2.44. The number of hydrogen-bond donors (Lipinski definition) is 1. The van der Waals surface area contributed by atoms with Crippen LogP contribution in [0.25, 0.3) is 5.52 Å². The molecule has 1 N–H and O–H groups in total. The van der Waals surface area contributed by atoms with Crippen LogP contribution in [-0.4, -0.2) is 38.3 Å². The fourth-order valence-electron chi connectivity index (χ4n) is 5.95. The van der Waals surface area contributed by atoms with Crippen LogP contribution in [0.1, 0.15) is 79.2 Å². The Bertz CT molecular complexity index is 1590. The molecule has 1 aromatic carbocycles. The summed E-state index contributed by atoms with van der Waals surface area (Å²) in [5.74, 6) is -2.69. The van der Waals surface area contributed by atoms with Crippen molar-refractivity contribution < 1.29 is 31.2 Å². The molecule has 4 aromatic rings. The van der Waals surface area contributed by atoms with Crippen molar-refractivity contribution in [2.45, 2.75) is 69.1 Å². The lowest BCUT2D eigenvalue weighted by molar-refractivity contribution is -0.158. The Hall–Kier alpha value is -4.03. The fourth-order valence-corrected chi connectivity index (χ4v) is 5.95. The Morgan fingerprint density at radius 1 is 1.10 bits per heavy atom. The molecular formula is C28H27F5N6O2. The molecule has 1 saturated heterocycles. The average Bonchev–Trinajstić information content (AvgIpc) is 3.70. The van der Waals surface area contributed by atoms with E-state index in [1.54, 1.807) is 17.6 Å². The van der Waals surface area contributed by atoms with Gasteiger partial charge in [-0.15, -0.1) is 10.2 Å². The fraction of sp³-hybridized carbons (Fsp3) is 0.429. The number of fused-ring (bicyclic) bond motifs is 1. The molecule has 6 rings (SSSR count). The Morgan fingerprint density at radius 2 is 1.88 bits per heavy atom. The van der Waals surface area contributed by atoms with Gasteiger partial charge in [-0.25, -0.2) is 13.3 Å². The maximum absolute atomic E-state index is 14.6. The lowest BCUT2D eigenvalue weighted by Gasteiger charge is -2.34. The molecule has 2 aliphatic rings. The number of rotatable bonds is 5. The van der Waals surface area contributed by atoms with Crippen LogP contribution in [0.3, 0.4) is 0 Å². The Balaban J connectivity index is 1.16. The van der Waals surface area contributed by atoms with Gasteiger partial charge in [-0.2, -0.15) is 18.3 Å². The number of hydrogen-bond acceptors (Lipinski definition) is 6. The first-order chi connectivity index (χ1) is 19.5. The molecule has 0 unspecified atom stereocenters. The van der Waals surface area contributed by atoms with Gasteiger partial charge >= 0.3 is 12.1 Å². The van der Waals surface area contributed by atoms with E-state index in [0.29, 0.717) is 55.3 Å². The minimum Gasteiger partial charge on any atom is -0.417 e. The van der Waals surface area contributed by atoms with Crippen LogP contribution in [-0.2, 0) is 11.6 Å². The summed E-state index contributed by atoms with van der Waals surface area (Å²) in [6, 6.07) is 6.60. The van der Waals surface area contributed by atoms with E-state index in [2.05, 4.69) is 20.6 Å². The lowest BCUT2D eigenvalue weighted by Crippen LogP contribution is -2.41. The zero-order valence-electron chi connectivity index (χ0n) is 22.1. The van der Waals surface area contributed by atoms with Crippen LogP contribution in [0.5, 0.6) is 0 Å². The third-order valence-corrected chi connectivity index (χ3v) is 8.26. The minimum atomic E-state index is -4.70. The molecule has 13 heteroatoms. The van der Waals surface area contributed by atoms with Gasteiger partial charge in [0.25, 0.3) is 5.91 Å². The molecule has 0 bridgehead atoms. The zero-order chi connectivity index (χ0) is 28.9. The first kappa shape index (κ1) is 27.2. The summed E-state index contributed by atoms with van der Waals surface area (Å²) < 4.78 is 73.7. The van der Waals surface area contributed by atoms with Gasteiger partial charge in [0.1, 0.15) is 11.6 Å². The largest absolute Gasteiger partial charge is 0.470 e. The number of halogens is 5. The smallest absolute Gasteiger partial charge is 0.417 e. The van der Waals surface area contributed by atoms with Crippen molar-refractivity contribution in [1.82, 2.24) is 25.1 Å². The molecule has 1 amide bonds. The molecule has 1 aliphatic heterocycles. The normalized spacial score (nSPS) is 23.3. The van der Waals surface area contributed by atoms with Gasteiger partial charge < -0.3 is 14.6 Å². The number of aromatic nitrogens is 4. The van der Waals surface area contributed by atoms with Crippen LogP contribution in [0.15, 0.2) is 47.1 Å².